The Morgan fingerprint density at radius 1 is 1.00 bits per heavy atom. The maximum absolute atomic E-state index is 8.85. The molecule has 2 rings (SSSR count). The van der Waals surface area contributed by atoms with E-state index in [0.717, 1.165) is 21.3 Å². The number of nitrogens with zero attached hydrogens (tertiary/aromatic N) is 1. The van der Waals surface area contributed by atoms with Gasteiger partial charge in [-0.25, -0.2) is 0 Å². The van der Waals surface area contributed by atoms with Gasteiger partial charge in [0.15, 0.2) is 0 Å². The van der Waals surface area contributed by atoms with Gasteiger partial charge < -0.3 is 4.74 Å². The molecule has 0 aliphatic rings. The van der Waals surface area contributed by atoms with Crippen LogP contribution in [-0.2, 0) is 0 Å². The Morgan fingerprint density at radius 2 is 1.67 bits per heavy atom. The van der Waals surface area contributed by atoms with Gasteiger partial charge in [-0.1, -0.05) is 6.07 Å². The number of ether oxygens (including phenoxy) is 1. The van der Waals surface area contributed by atoms with E-state index in [2.05, 4.69) is 28.1 Å². The average molecular weight is 302 g/mol. The smallest absolute Gasteiger partial charge is 0.128 e. The van der Waals surface area contributed by atoms with E-state index in [1.165, 1.54) is 0 Å². The van der Waals surface area contributed by atoms with Gasteiger partial charge in [0.1, 0.15) is 17.6 Å². The van der Waals surface area contributed by atoms with Crippen LogP contribution in [0.4, 0.5) is 0 Å². The van der Waals surface area contributed by atoms with Crippen molar-refractivity contribution in [3.05, 3.63) is 57.6 Å². The maximum atomic E-state index is 8.85. The minimum atomic E-state index is 0.600. The van der Waals surface area contributed by atoms with Crippen LogP contribution in [0.1, 0.15) is 16.7 Å². The predicted octanol–water partition coefficient (Wildman–Crippen LogP) is 4.73. The summed E-state index contributed by atoms with van der Waals surface area (Å²) in [5, 5.41) is 8.85. The number of halogens is 1. The molecule has 0 saturated heterocycles. The molecule has 0 atom stereocenters. The highest BCUT2D eigenvalue weighted by Gasteiger charge is 2.03. The van der Waals surface area contributed by atoms with E-state index in [-0.39, 0.29) is 0 Å². The quantitative estimate of drug-likeness (QED) is 0.803. The van der Waals surface area contributed by atoms with Crippen LogP contribution in [0.25, 0.3) is 0 Å². The third-order valence-electron chi connectivity index (χ3n) is 2.49. The first-order valence-electron chi connectivity index (χ1n) is 5.54. The summed E-state index contributed by atoms with van der Waals surface area (Å²) in [6.45, 7) is 4.07. The van der Waals surface area contributed by atoms with Crippen molar-refractivity contribution in [2.45, 2.75) is 13.8 Å². The van der Waals surface area contributed by atoms with Crippen LogP contribution in [0.5, 0.6) is 11.5 Å². The van der Waals surface area contributed by atoms with Crippen molar-refractivity contribution in [1.82, 2.24) is 0 Å². The second-order valence-corrected chi connectivity index (χ2v) is 5.03. The molecule has 0 radical (unpaired) electrons. The molecule has 2 aromatic rings. The van der Waals surface area contributed by atoms with Crippen molar-refractivity contribution in [1.29, 1.82) is 5.26 Å². The molecule has 0 aliphatic carbocycles. The molecule has 18 heavy (non-hydrogen) atoms. The van der Waals surface area contributed by atoms with E-state index in [4.69, 9.17) is 10.00 Å². The average Bonchev–Trinajstić information content (AvgIpc) is 2.27. The summed E-state index contributed by atoms with van der Waals surface area (Å²) in [7, 11) is 0. The number of rotatable bonds is 2. The monoisotopic (exact) mass is 301 g/mol. The summed E-state index contributed by atoms with van der Waals surface area (Å²) in [6, 6.07) is 13.5. The van der Waals surface area contributed by atoms with Crippen LogP contribution in [0.3, 0.4) is 0 Å². The van der Waals surface area contributed by atoms with Gasteiger partial charge in [-0.3, -0.25) is 0 Å². The summed E-state index contributed by atoms with van der Waals surface area (Å²) in [6.07, 6.45) is 0. The van der Waals surface area contributed by atoms with Crippen molar-refractivity contribution >= 4 is 15.9 Å². The van der Waals surface area contributed by atoms with E-state index in [0.29, 0.717) is 11.3 Å². The first kappa shape index (κ1) is 12.7. The number of hydrogen-bond acceptors (Lipinski definition) is 2. The Labute approximate surface area is 115 Å². The van der Waals surface area contributed by atoms with E-state index in [1.54, 1.807) is 18.2 Å². The van der Waals surface area contributed by atoms with Gasteiger partial charge in [-0.05, 0) is 71.2 Å². The van der Waals surface area contributed by atoms with Crippen molar-refractivity contribution in [3.63, 3.8) is 0 Å². The lowest BCUT2D eigenvalue weighted by atomic mass is 10.1. The van der Waals surface area contributed by atoms with E-state index in [1.807, 2.05) is 26.0 Å². The number of hydrogen-bond donors (Lipinski definition) is 0. The maximum Gasteiger partial charge on any atom is 0.128 e. The Morgan fingerprint density at radius 3 is 2.22 bits per heavy atom. The summed E-state index contributed by atoms with van der Waals surface area (Å²) < 4.78 is 6.52. The minimum absolute atomic E-state index is 0.600. The Bertz CT molecular complexity index is 609. The number of benzene rings is 2. The fourth-order valence-electron chi connectivity index (χ4n) is 1.78. The highest BCUT2D eigenvalue weighted by Crippen LogP contribution is 2.27. The van der Waals surface area contributed by atoms with Crippen LogP contribution < -0.4 is 4.74 Å². The summed E-state index contributed by atoms with van der Waals surface area (Å²) in [4.78, 5) is 0. The first-order valence-corrected chi connectivity index (χ1v) is 6.33. The van der Waals surface area contributed by atoms with Gasteiger partial charge in [-0.15, -0.1) is 0 Å². The van der Waals surface area contributed by atoms with Gasteiger partial charge in [0.25, 0.3) is 0 Å². The summed E-state index contributed by atoms with van der Waals surface area (Å²) in [5.41, 5.74) is 2.93. The molecule has 2 aromatic carbocycles. The SMILES string of the molecule is Cc1cc(C)cc(Oc2ccc(C#N)c(Br)c2)c1. The third kappa shape index (κ3) is 2.91. The normalized spacial score (nSPS) is 9.89. The van der Waals surface area contributed by atoms with Gasteiger partial charge in [-0.2, -0.15) is 5.26 Å². The molecule has 0 unspecified atom stereocenters. The fraction of sp³-hybridized carbons (Fsp3) is 0.133. The molecule has 90 valence electrons. The highest BCUT2D eigenvalue weighted by atomic mass is 79.9. The zero-order chi connectivity index (χ0) is 13.1. The molecule has 0 aliphatic heterocycles. The molecule has 0 amide bonds. The Kier molecular flexibility index (Phi) is 3.69. The van der Waals surface area contributed by atoms with Crippen molar-refractivity contribution < 1.29 is 4.74 Å². The van der Waals surface area contributed by atoms with Gasteiger partial charge in [0.05, 0.1) is 5.56 Å². The van der Waals surface area contributed by atoms with E-state index in [9.17, 15) is 0 Å². The second kappa shape index (κ2) is 5.24. The summed E-state index contributed by atoms with van der Waals surface area (Å²) in [5.74, 6) is 1.52. The van der Waals surface area contributed by atoms with E-state index < -0.39 is 0 Å². The fourth-order valence-corrected chi connectivity index (χ4v) is 2.22. The molecule has 0 N–H and O–H groups in total. The topological polar surface area (TPSA) is 33.0 Å². The van der Waals surface area contributed by atoms with Crippen molar-refractivity contribution in [2.75, 3.05) is 0 Å². The molecular formula is C15H12BrNO. The van der Waals surface area contributed by atoms with Crippen LogP contribution in [0.15, 0.2) is 40.9 Å². The van der Waals surface area contributed by atoms with Gasteiger partial charge in [0.2, 0.25) is 0 Å². The molecule has 0 aromatic heterocycles. The predicted molar refractivity (Wildman–Crippen MR) is 74.8 cm³/mol. The van der Waals surface area contributed by atoms with Crippen molar-refractivity contribution in [2.24, 2.45) is 0 Å². The van der Waals surface area contributed by atoms with Gasteiger partial charge >= 0.3 is 0 Å². The lowest BCUT2D eigenvalue weighted by Gasteiger charge is -2.08. The number of nitriles is 1. The third-order valence-corrected chi connectivity index (χ3v) is 3.15. The molecule has 3 heteroatoms. The molecule has 0 fully saturated rings. The minimum Gasteiger partial charge on any atom is -0.457 e. The zero-order valence-corrected chi connectivity index (χ0v) is 11.8. The zero-order valence-electron chi connectivity index (χ0n) is 10.2. The van der Waals surface area contributed by atoms with Gasteiger partial charge in [0, 0.05) is 4.47 Å². The lowest BCUT2D eigenvalue weighted by Crippen LogP contribution is -1.87. The molecule has 0 heterocycles. The number of aryl methyl sites for hydroxylation is 2. The van der Waals surface area contributed by atoms with Crippen molar-refractivity contribution in [3.8, 4) is 17.6 Å². The molecule has 0 saturated carbocycles. The molecule has 0 spiro atoms. The largest absolute Gasteiger partial charge is 0.457 e. The van der Waals surface area contributed by atoms with E-state index >= 15 is 0 Å². The lowest BCUT2D eigenvalue weighted by molar-refractivity contribution is 0.481. The Hall–Kier alpha value is -1.79. The second-order valence-electron chi connectivity index (χ2n) is 4.18. The standard InChI is InChI=1S/C15H12BrNO/c1-10-5-11(2)7-14(6-10)18-13-4-3-12(9-17)15(16)8-13/h3-8H,1-2H3. The van der Waals surface area contributed by atoms with Crippen LogP contribution in [-0.4, -0.2) is 0 Å². The van der Waals surface area contributed by atoms with Crippen LogP contribution in [0, 0.1) is 25.2 Å². The Balaban J connectivity index is 2.29. The molecule has 2 nitrogen and oxygen atoms in total. The molecule has 0 bridgehead atoms. The van der Waals surface area contributed by atoms with Crippen LogP contribution >= 0.6 is 15.9 Å². The van der Waals surface area contributed by atoms with Crippen LogP contribution in [0.2, 0.25) is 0 Å². The highest BCUT2D eigenvalue weighted by molar-refractivity contribution is 9.10. The molecular weight excluding hydrogens is 290 g/mol. The summed E-state index contributed by atoms with van der Waals surface area (Å²) >= 11 is 3.35. The first-order chi connectivity index (χ1) is 8.58.